The molecule has 1 aliphatic rings. The van der Waals surface area contributed by atoms with Gasteiger partial charge in [0.2, 0.25) is 0 Å². The predicted molar refractivity (Wildman–Crippen MR) is 91.9 cm³/mol. The van der Waals surface area contributed by atoms with Gasteiger partial charge in [0.05, 0.1) is 10.7 Å². The molecule has 1 aromatic carbocycles. The maximum atomic E-state index is 4.59. The van der Waals surface area contributed by atoms with Crippen LogP contribution in [-0.4, -0.2) is 11.0 Å². The van der Waals surface area contributed by atoms with Crippen LogP contribution in [0.25, 0.3) is 11.3 Å². The van der Waals surface area contributed by atoms with Crippen molar-refractivity contribution in [1.29, 1.82) is 0 Å². The molecule has 1 aliphatic carbocycles. The normalized spacial score (nSPS) is 25.8. The monoisotopic (exact) mass is 300 g/mol. The molecule has 112 valence electrons. The maximum Gasteiger partial charge on any atom is 0.0901 e. The lowest BCUT2D eigenvalue weighted by molar-refractivity contribution is 0.268. The van der Waals surface area contributed by atoms with Gasteiger partial charge in [-0.25, -0.2) is 4.98 Å². The Bertz CT molecular complexity index is 595. The van der Waals surface area contributed by atoms with Gasteiger partial charge in [-0.15, -0.1) is 11.3 Å². The lowest BCUT2D eigenvalue weighted by Crippen LogP contribution is -2.37. The van der Waals surface area contributed by atoms with Crippen LogP contribution >= 0.6 is 11.3 Å². The van der Waals surface area contributed by atoms with Crippen LogP contribution in [0.1, 0.15) is 38.1 Å². The smallest absolute Gasteiger partial charge is 0.0901 e. The van der Waals surface area contributed by atoms with Crippen LogP contribution in [0.3, 0.4) is 0 Å². The molecule has 0 saturated heterocycles. The van der Waals surface area contributed by atoms with Crippen molar-refractivity contribution in [3.63, 3.8) is 0 Å². The molecule has 1 aromatic heterocycles. The van der Waals surface area contributed by atoms with Crippen LogP contribution in [0.5, 0.6) is 0 Å². The summed E-state index contributed by atoms with van der Waals surface area (Å²) in [6.45, 7) is 6.81. The van der Waals surface area contributed by atoms with Gasteiger partial charge >= 0.3 is 0 Å². The van der Waals surface area contributed by atoms with Gasteiger partial charge in [-0.3, -0.25) is 0 Å². The molecular weight excluding hydrogens is 276 g/mol. The Labute approximate surface area is 131 Å². The van der Waals surface area contributed by atoms with E-state index in [9.17, 15) is 0 Å². The highest BCUT2D eigenvalue weighted by Crippen LogP contribution is 2.32. The third kappa shape index (κ3) is 3.29. The zero-order chi connectivity index (χ0) is 14.8. The van der Waals surface area contributed by atoms with E-state index in [1.807, 2.05) is 0 Å². The molecule has 0 amide bonds. The van der Waals surface area contributed by atoms with E-state index in [0.717, 1.165) is 22.5 Å². The van der Waals surface area contributed by atoms with Gasteiger partial charge in [-0.05, 0) is 43.7 Å². The second-order valence-electron chi connectivity index (χ2n) is 6.39. The Kier molecular flexibility index (Phi) is 4.29. The van der Waals surface area contributed by atoms with Crippen LogP contribution in [0, 0.1) is 18.8 Å². The van der Waals surface area contributed by atoms with Gasteiger partial charge in [0.15, 0.2) is 0 Å². The summed E-state index contributed by atoms with van der Waals surface area (Å²) in [5.74, 6) is 1.50. The van der Waals surface area contributed by atoms with Gasteiger partial charge in [-0.2, -0.15) is 0 Å². The summed E-state index contributed by atoms with van der Waals surface area (Å²) in [6, 6.07) is 9.28. The summed E-state index contributed by atoms with van der Waals surface area (Å²) >= 11 is 1.71. The summed E-state index contributed by atoms with van der Waals surface area (Å²) in [5.41, 5.74) is 3.52. The molecule has 1 heterocycles. The molecule has 2 atom stereocenters. The number of aryl methyl sites for hydroxylation is 1. The fourth-order valence-corrected chi connectivity index (χ4v) is 4.05. The fourth-order valence-electron chi connectivity index (χ4n) is 3.42. The fraction of sp³-hybridized carbons (Fsp3) is 0.500. The first-order chi connectivity index (χ1) is 10.1. The molecular formula is C18H24N2S. The van der Waals surface area contributed by atoms with Gasteiger partial charge in [0.1, 0.15) is 0 Å². The number of hydrogen-bond donors (Lipinski definition) is 1. The summed E-state index contributed by atoms with van der Waals surface area (Å²) < 4.78 is 0. The van der Waals surface area contributed by atoms with Crippen molar-refractivity contribution in [2.45, 2.75) is 46.1 Å². The number of thiazole rings is 1. The van der Waals surface area contributed by atoms with Crippen molar-refractivity contribution in [1.82, 2.24) is 4.98 Å². The highest BCUT2D eigenvalue weighted by atomic mass is 32.1. The Balaban J connectivity index is 1.80. The highest BCUT2D eigenvalue weighted by molar-refractivity contribution is 7.09. The van der Waals surface area contributed by atoms with Crippen molar-refractivity contribution >= 4 is 17.0 Å². The van der Waals surface area contributed by atoms with Crippen LogP contribution in [-0.2, 0) is 0 Å². The van der Waals surface area contributed by atoms with Crippen molar-refractivity contribution in [3.8, 4) is 11.3 Å². The van der Waals surface area contributed by atoms with Crippen LogP contribution in [0.4, 0.5) is 5.69 Å². The maximum absolute atomic E-state index is 4.59. The summed E-state index contributed by atoms with van der Waals surface area (Å²) in [5, 5.41) is 7.04. The first-order valence-corrected chi connectivity index (χ1v) is 8.80. The second kappa shape index (κ2) is 6.18. The van der Waals surface area contributed by atoms with Gasteiger partial charge in [0, 0.05) is 22.7 Å². The molecule has 1 fully saturated rings. The van der Waals surface area contributed by atoms with Crippen LogP contribution < -0.4 is 5.32 Å². The number of aromatic nitrogens is 1. The Hall–Kier alpha value is -1.35. The van der Waals surface area contributed by atoms with Crippen molar-refractivity contribution in [2.75, 3.05) is 5.32 Å². The second-order valence-corrected chi connectivity index (χ2v) is 7.45. The molecule has 2 aromatic rings. The number of hydrogen-bond acceptors (Lipinski definition) is 3. The van der Waals surface area contributed by atoms with E-state index in [-0.39, 0.29) is 0 Å². The average molecular weight is 300 g/mol. The molecule has 0 radical (unpaired) electrons. The van der Waals surface area contributed by atoms with Crippen molar-refractivity contribution < 1.29 is 0 Å². The lowest BCUT2D eigenvalue weighted by atomic mass is 9.78. The molecule has 1 saturated carbocycles. The number of nitrogens with zero attached hydrogens (tertiary/aromatic N) is 1. The topological polar surface area (TPSA) is 24.9 Å². The number of nitrogens with one attached hydrogen (secondary N) is 1. The zero-order valence-electron chi connectivity index (χ0n) is 13.1. The standard InChI is InChI=1S/C18H24N2S/c1-12-6-4-7-13(2)18(12)20-16-9-5-8-15(10-16)17-11-21-14(3)19-17/h5,8-13,18,20H,4,6-7H2,1-3H3. The van der Waals surface area contributed by atoms with Crippen LogP contribution in [0.2, 0.25) is 0 Å². The zero-order valence-corrected chi connectivity index (χ0v) is 13.9. The molecule has 2 nitrogen and oxygen atoms in total. The van der Waals surface area contributed by atoms with E-state index in [4.69, 9.17) is 0 Å². The molecule has 3 heteroatoms. The quantitative estimate of drug-likeness (QED) is 0.826. The van der Waals surface area contributed by atoms with Crippen molar-refractivity contribution in [2.24, 2.45) is 11.8 Å². The van der Waals surface area contributed by atoms with E-state index in [1.54, 1.807) is 11.3 Å². The minimum absolute atomic E-state index is 0.589. The summed E-state index contributed by atoms with van der Waals surface area (Å²) in [4.78, 5) is 4.59. The van der Waals surface area contributed by atoms with Crippen molar-refractivity contribution in [3.05, 3.63) is 34.7 Å². The lowest BCUT2D eigenvalue weighted by Gasteiger charge is -2.36. The third-order valence-corrected chi connectivity index (χ3v) is 5.43. The predicted octanol–water partition coefficient (Wildman–Crippen LogP) is 5.36. The Morgan fingerprint density at radius 2 is 1.95 bits per heavy atom. The highest BCUT2D eigenvalue weighted by Gasteiger charge is 2.27. The van der Waals surface area contributed by atoms with Gasteiger partial charge in [0.25, 0.3) is 0 Å². The molecule has 3 rings (SSSR count). The van der Waals surface area contributed by atoms with Gasteiger partial charge < -0.3 is 5.32 Å². The molecule has 2 unspecified atom stereocenters. The first-order valence-electron chi connectivity index (χ1n) is 7.92. The average Bonchev–Trinajstić information content (AvgIpc) is 2.90. The number of benzene rings is 1. The van der Waals surface area contributed by atoms with Crippen LogP contribution in [0.15, 0.2) is 29.6 Å². The summed E-state index contributed by atoms with van der Waals surface area (Å²) in [7, 11) is 0. The Morgan fingerprint density at radius 1 is 1.19 bits per heavy atom. The summed E-state index contributed by atoms with van der Waals surface area (Å²) in [6.07, 6.45) is 4.05. The number of anilines is 1. The molecule has 1 N–H and O–H groups in total. The Morgan fingerprint density at radius 3 is 2.62 bits per heavy atom. The molecule has 0 bridgehead atoms. The third-order valence-electron chi connectivity index (χ3n) is 4.66. The largest absolute Gasteiger partial charge is 0.382 e. The SMILES string of the molecule is Cc1nc(-c2cccc(NC3C(C)CCCC3C)c2)cs1. The molecule has 0 aliphatic heterocycles. The van der Waals surface area contributed by atoms with E-state index >= 15 is 0 Å². The van der Waals surface area contributed by atoms with E-state index in [0.29, 0.717) is 6.04 Å². The molecule has 0 spiro atoms. The number of rotatable bonds is 3. The first kappa shape index (κ1) is 14.6. The van der Waals surface area contributed by atoms with E-state index in [1.165, 1.54) is 30.5 Å². The van der Waals surface area contributed by atoms with Gasteiger partial charge in [-0.1, -0.05) is 32.4 Å². The minimum atomic E-state index is 0.589. The minimum Gasteiger partial charge on any atom is -0.382 e. The molecule has 21 heavy (non-hydrogen) atoms. The van der Waals surface area contributed by atoms with E-state index < -0.39 is 0 Å². The van der Waals surface area contributed by atoms with E-state index in [2.05, 4.69) is 60.7 Å².